The van der Waals surface area contributed by atoms with E-state index in [4.69, 9.17) is 11.6 Å². The maximum atomic E-state index is 13.1. The van der Waals surface area contributed by atoms with Gasteiger partial charge in [-0.25, -0.2) is 4.79 Å². The molecule has 3 amide bonds. The number of carbonyl (C=O) groups excluding carboxylic acids is 2. The van der Waals surface area contributed by atoms with Crippen LogP contribution in [0.2, 0.25) is 5.02 Å². The predicted molar refractivity (Wildman–Crippen MR) is 120 cm³/mol. The van der Waals surface area contributed by atoms with E-state index in [2.05, 4.69) is 5.32 Å². The average Bonchev–Trinajstić information content (AvgIpc) is 2.77. The summed E-state index contributed by atoms with van der Waals surface area (Å²) in [6.45, 7) is 1.79. The third-order valence-corrected chi connectivity index (χ3v) is 5.45. The molecule has 1 aliphatic heterocycles. The predicted octanol–water partition coefficient (Wildman–Crippen LogP) is 5.42. The Morgan fingerprint density at radius 1 is 0.933 bits per heavy atom. The summed E-state index contributed by atoms with van der Waals surface area (Å²) < 4.78 is 0. The van der Waals surface area contributed by atoms with Crippen molar-refractivity contribution in [3.8, 4) is 0 Å². The molecular weight excluding hydrogens is 398 g/mol. The van der Waals surface area contributed by atoms with E-state index in [0.29, 0.717) is 35.9 Å². The van der Waals surface area contributed by atoms with E-state index >= 15 is 0 Å². The molecule has 5 nitrogen and oxygen atoms in total. The maximum Gasteiger partial charge on any atom is 0.324 e. The number of rotatable bonds is 5. The Hall–Kier alpha value is -3.31. The molecule has 0 aliphatic carbocycles. The van der Waals surface area contributed by atoms with Gasteiger partial charge < -0.3 is 10.2 Å². The second kappa shape index (κ2) is 9.01. The Bertz CT molecular complexity index is 1060. The summed E-state index contributed by atoms with van der Waals surface area (Å²) in [6, 6.07) is 23.9. The standard InChI is InChI=1S/C24H22ClN3O2/c25-22-13-5-4-10-19(22)17-27-14-7-15-28(24(27)30)21-12-6-11-20(16-21)26-23(29)18-8-2-1-3-9-18/h1-6,8-13,16H,7,14-15,17H2,(H,26,29). The number of urea groups is 1. The van der Waals surface area contributed by atoms with Crippen LogP contribution in [0.5, 0.6) is 0 Å². The van der Waals surface area contributed by atoms with Gasteiger partial charge in [0.15, 0.2) is 0 Å². The largest absolute Gasteiger partial charge is 0.324 e. The van der Waals surface area contributed by atoms with E-state index in [9.17, 15) is 9.59 Å². The Labute approximate surface area is 180 Å². The number of anilines is 2. The zero-order chi connectivity index (χ0) is 20.9. The van der Waals surface area contributed by atoms with Gasteiger partial charge in [0.1, 0.15) is 0 Å². The summed E-state index contributed by atoms with van der Waals surface area (Å²) in [5.41, 5.74) is 2.92. The topological polar surface area (TPSA) is 52.7 Å². The molecule has 3 aromatic rings. The summed E-state index contributed by atoms with van der Waals surface area (Å²) in [6.07, 6.45) is 0.858. The molecule has 152 valence electrons. The van der Waals surface area contributed by atoms with Gasteiger partial charge in [-0.3, -0.25) is 9.69 Å². The molecule has 1 aliphatic rings. The van der Waals surface area contributed by atoms with E-state index in [1.54, 1.807) is 21.9 Å². The minimum Gasteiger partial charge on any atom is -0.322 e. The molecule has 1 saturated heterocycles. The molecular formula is C24H22ClN3O2. The first kappa shape index (κ1) is 20.0. The number of carbonyl (C=O) groups is 2. The lowest BCUT2D eigenvalue weighted by Gasteiger charge is -2.36. The van der Waals surface area contributed by atoms with Gasteiger partial charge in [0.05, 0.1) is 0 Å². The number of nitrogens with one attached hydrogen (secondary N) is 1. The van der Waals surface area contributed by atoms with Crippen molar-refractivity contribution in [1.29, 1.82) is 0 Å². The van der Waals surface area contributed by atoms with Crippen molar-refractivity contribution >= 4 is 34.9 Å². The highest BCUT2D eigenvalue weighted by molar-refractivity contribution is 6.31. The highest BCUT2D eigenvalue weighted by Gasteiger charge is 2.27. The molecule has 1 N–H and O–H groups in total. The Balaban J connectivity index is 1.49. The van der Waals surface area contributed by atoms with Gasteiger partial charge in [-0.05, 0) is 48.4 Å². The second-order valence-electron chi connectivity index (χ2n) is 7.17. The highest BCUT2D eigenvalue weighted by Crippen LogP contribution is 2.26. The molecule has 0 atom stereocenters. The van der Waals surface area contributed by atoms with Crippen molar-refractivity contribution < 1.29 is 9.59 Å². The maximum absolute atomic E-state index is 13.1. The lowest BCUT2D eigenvalue weighted by Crippen LogP contribution is -2.49. The van der Waals surface area contributed by atoms with Gasteiger partial charge >= 0.3 is 6.03 Å². The van der Waals surface area contributed by atoms with E-state index in [1.165, 1.54) is 0 Å². The van der Waals surface area contributed by atoms with Crippen LogP contribution in [0.1, 0.15) is 22.3 Å². The molecule has 0 unspecified atom stereocenters. The molecule has 0 spiro atoms. The zero-order valence-electron chi connectivity index (χ0n) is 16.4. The molecule has 1 fully saturated rings. The van der Waals surface area contributed by atoms with Crippen LogP contribution in [-0.4, -0.2) is 29.9 Å². The van der Waals surface area contributed by atoms with Crippen molar-refractivity contribution in [3.63, 3.8) is 0 Å². The fourth-order valence-electron chi connectivity index (χ4n) is 3.54. The van der Waals surface area contributed by atoms with Crippen molar-refractivity contribution in [2.24, 2.45) is 0 Å². The number of amides is 3. The third-order valence-electron chi connectivity index (χ3n) is 5.08. The SMILES string of the molecule is O=C(Nc1cccc(N2CCCN(Cc3ccccc3Cl)C2=O)c1)c1ccccc1. The summed E-state index contributed by atoms with van der Waals surface area (Å²) in [7, 11) is 0. The fraction of sp³-hybridized carbons (Fsp3) is 0.167. The average molecular weight is 420 g/mol. The van der Waals surface area contributed by atoms with Gasteiger partial charge in [0, 0.05) is 41.6 Å². The first-order valence-electron chi connectivity index (χ1n) is 9.88. The molecule has 0 radical (unpaired) electrons. The first-order chi connectivity index (χ1) is 14.6. The lowest BCUT2D eigenvalue weighted by atomic mass is 10.1. The minimum atomic E-state index is -0.182. The van der Waals surface area contributed by atoms with Crippen molar-refractivity contribution in [2.45, 2.75) is 13.0 Å². The summed E-state index contributed by atoms with van der Waals surface area (Å²) in [4.78, 5) is 29.1. The molecule has 0 aromatic heterocycles. The van der Waals surface area contributed by atoms with E-state index < -0.39 is 0 Å². The van der Waals surface area contributed by atoms with Crippen LogP contribution >= 0.6 is 11.6 Å². The quantitative estimate of drug-likeness (QED) is 0.599. The monoisotopic (exact) mass is 419 g/mol. The number of hydrogen-bond donors (Lipinski definition) is 1. The zero-order valence-corrected chi connectivity index (χ0v) is 17.2. The molecule has 30 heavy (non-hydrogen) atoms. The van der Waals surface area contributed by atoms with Crippen LogP contribution in [0.15, 0.2) is 78.9 Å². The molecule has 4 rings (SSSR count). The van der Waals surface area contributed by atoms with Gasteiger partial charge in [-0.1, -0.05) is 54.1 Å². The van der Waals surface area contributed by atoms with Crippen LogP contribution in [0.4, 0.5) is 16.2 Å². The summed E-state index contributed by atoms with van der Waals surface area (Å²) in [5.74, 6) is -0.182. The minimum absolute atomic E-state index is 0.0623. The van der Waals surface area contributed by atoms with Crippen molar-refractivity contribution in [3.05, 3.63) is 95.0 Å². The Kier molecular flexibility index (Phi) is 6.00. The normalized spacial score (nSPS) is 14.0. The highest BCUT2D eigenvalue weighted by atomic mass is 35.5. The van der Waals surface area contributed by atoms with Gasteiger partial charge in [-0.2, -0.15) is 0 Å². The van der Waals surface area contributed by atoms with Crippen molar-refractivity contribution in [1.82, 2.24) is 4.90 Å². The van der Waals surface area contributed by atoms with Crippen LogP contribution in [0.25, 0.3) is 0 Å². The molecule has 6 heteroatoms. The summed E-state index contributed by atoms with van der Waals surface area (Å²) in [5, 5.41) is 3.56. The fourth-order valence-corrected chi connectivity index (χ4v) is 3.74. The van der Waals surface area contributed by atoms with E-state index in [-0.39, 0.29) is 11.9 Å². The molecule has 1 heterocycles. The van der Waals surface area contributed by atoms with E-state index in [0.717, 1.165) is 17.7 Å². The first-order valence-corrected chi connectivity index (χ1v) is 10.3. The summed E-state index contributed by atoms with van der Waals surface area (Å²) >= 11 is 6.27. The van der Waals surface area contributed by atoms with Gasteiger partial charge in [-0.15, -0.1) is 0 Å². The third kappa shape index (κ3) is 4.47. The van der Waals surface area contributed by atoms with Crippen molar-refractivity contribution in [2.75, 3.05) is 23.3 Å². The number of hydrogen-bond acceptors (Lipinski definition) is 2. The second-order valence-corrected chi connectivity index (χ2v) is 7.58. The van der Waals surface area contributed by atoms with Crippen LogP contribution in [0, 0.1) is 0 Å². The molecule has 3 aromatic carbocycles. The number of halogens is 1. The molecule has 0 saturated carbocycles. The van der Waals surface area contributed by atoms with Gasteiger partial charge in [0.2, 0.25) is 0 Å². The molecule has 0 bridgehead atoms. The lowest BCUT2D eigenvalue weighted by molar-refractivity contribution is 0.102. The van der Waals surface area contributed by atoms with E-state index in [1.807, 2.05) is 66.7 Å². The smallest absolute Gasteiger partial charge is 0.322 e. The number of benzene rings is 3. The number of nitrogens with zero attached hydrogens (tertiary/aromatic N) is 2. The Morgan fingerprint density at radius 3 is 2.50 bits per heavy atom. The van der Waals surface area contributed by atoms with Crippen LogP contribution in [0.3, 0.4) is 0 Å². The Morgan fingerprint density at radius 2 is 1.70 bits per heavy atom. The van der Waals surface area contributed by atoms with Crippen LogP contribution < -0.4 is 10.2 Å². The van der Waals surface area contributed by atoms with Crippen LogP contribution in [-0.2, 0) is 6.54 Å². The van der Waals surface area contributed by atoms with Gasteiger partial charge in [0.25, 0.3) is 5.91 Å².